The summed E-state index contributed by atoms with van der Waals surface area (Å²) in [7, 11) is -0.882. The lowest BCUT2D eigenvalue weighted by Crippen LogP contribution is -1.99. The van der Waals surface area contributed by atoms with Gasteiger partial charge in [-0.25, -0.2) is 0 Å². The van der Waals surface area contributed by atoms with Gasteiger partial charge in [0.05, 0.1) is 0 Å². The van der Waals surface area contributed by atoms with E-state index < -0.39 is 10.8 Å². The Labute approximate surface area is 125 Å². The average molecular weight is 314 g/mol. The van der Waals surface area contributed by atoms with Crippen molar-refractivity contribution in [1.82, 2.24) is 0 Å². The van der Waals surface area contributed by atoms with Crippen molar-refractivity contribution in [2.24, 2.45) is 0 Å². The Morgan fingerprint density at radius 3 is 2.74 bits per heavy atom. The molecule has 0 aliphatic carbocycles. The third-order valence-corrected chi connectivity index (χ3v) is 4.75. The molecule has 5 heteroatoms. The lowest BCUT2D eigenvalue weighted by atomic mass is 10.2. The first kappa shape index (κ1) is 14.6. The van der Waals surface area contributed by atoms with Crippen LogP contribution in [0.25, 0.3) is 0 Å². The van der Waals surface area contributed by atoms with Gasteiger partial charge in [0.15, 0.2) is 0 Å². The van der Waals surface area contributed by atoms with E-state index in [1.165, 1.54) is 9.75 Å². The summed E-state index contributed by atoms with van der Waals surface area (Å²) in [5.74, 6) is 0.493. The minimum atomic E-state index is -0.882. The second kappa shape index (κ2) is 6.55. The molecule has 19 heavy (non-hydrogen) atoms. The van der Waals surface area contributed by atoms with Crippen LogP contribution in [0, 0.1) is 6.92 Å². The molecular formula is C14H16ClNOS2. The highest BCUT2D eigenvalue weighted by Crippen LogP contribution is 2.23. The number of aryl methyl sites for hydroxylation is 1. The van der Waals surface area contributed by atoms with Crippen LogP contribution in [0.5, 0.6) is 0 Å². The molecule has 2 rings (SSSR count). The van der Waals surface area contributed by atoms with Crippen molar-refractivity contribution in [3.8, 4) is 0 Å². The number of nitrogens with one attached hydrogen (secondary N) is 1. The van der Waals surface area contributed by atoms with Crippen LogP contribution >= 0.6 is 22.9 Å². The molecule has 0 spiro atoms. The van der Waals surface area contributed by atoms with Gasteiger partial charge in [0, 0.05) is 49.8 Å². The number of hydrogen-bond acceptors (Lipinski definition) is 3. The van der Waals surface area contributed by atoms with E-state index in [4.69, 9.17) is 11.6 Å². The number of halogens is 1. The molecule has 1 aromatic heterocycles. The lowest BCUT2D eigenvalue weighted by Gasteiger charge is -2.08. The maximum atomic E-state index is 11.3. The van der Waals surface area contributed by atoms with E-state index in [2.05, 4.69) is 24.4 Å². The molecule has 0 bridgehead atoms. The van der Waals surface area contributed by atoms with Gasteiger partial charge in [-0.15, -0.1) is 11.3 Å². The Kier molecular flexibility index (Phi) is 5.02. The summed E-state index contributed by atoms with van der Waals surface area (Å²) in [5, 5.41) is 4.04. The van der Waals surface area contributed by atoms with Crippen LogP contribution in [0.4, 0.5) is 5.69 Å². The van der Waals surface area contributed by atoms with Crippen LogP contribution in [0.15, 0.2) is 30.3 Å². The van der Waals surface area contributed by atoms with Crippen molar-refractivity contribution in [2.75, 3.05) is 11.6 Å². The Balaban J connectivity index is 2.06. The number of thiophene rings is 1. The number of hydrogen-bond donors (Lipinski definition) is 1. The molecule has 0 amide bonds. The van der Waals surface area contributed by atoms with Crippen molar-refractivity contribution in [3.05, 3.63) is 50.7 Å². The van der Waals surface area contributed by atoms with Gasteiger partial charge < -0.3 is 5.32 Å². The molecule has 0 saturated heterocycles. The number of rotatable bonds is 5. The van der Waals surface area contributed by atoms with Crippen molar-refractivity contribution < 1.29 is 4.21 Å². The average Bonchev–Trinajstić information content (AvgIpc) is 2.75. The van der Waals surface area contributed by atoms with Crippen molar-refractivity contribution in [1.29, 1.82) is 0 Å². The zero-order valence-corrected chi connectivity index (χ0v) is 13.3. The summed E-state index contributed by atoms with van der Waals surface area (Å²) in [4.78, 5) is 2.61. The monoisotopic (exact) mass is 313 g/mol. The number of anilines is 1. The largest absolute Gasteiger partial charge is 0.380 e. The Morgan fingerprint density at radius 2 is 2.11 bits per heavy atom. The summed E-state index contributed by atoms with van der Waals surface area (Å²) in [5.41, 5.74) is 1.94. The predicted molar refractivity (Wildman–Crippen MR) is 85.6 cm³/mol. The van der Waals surface area contributed by atoms with E-state index >= 15 is 0 Å². The summed E-state index contributed by atoms with van der Waals surface area (Å²) < 4.78 is 11.3. The zero-order chi connectivity index (χ0) is 13.8. The second-order valence-corrected chi connectivity index (χ2v) is 7.60. The van der Waals surface area contributed by atoms with Gasteiger partial charge in [-0.2, -0.15) is 0 Å². The van der Waals surface area contributed by atoms with Crippen molar-refractivity contribution >= 4 is 39.4 Å². The molecule has 0 saturated carbocycles. The van der Waals surface area contributed by atoms with Crippen LogP contribution in [0.2, 0.25) is 5.02 Å². The molecule has 1 heterocycles. The fraction of sp³-hybridized carbons (Fsp3) is 0.286. The van der Waals surface area contributed by atoms with E-state index in [1.807, 2.05) is 18.2 Å². The molecule has 1 aromatic carbocycles. The van der Waals surface area contributed by atoms with Gasteiger partial charge in [-0.05, 0) is 42.8 Å². The Morgan fingerprint density at radius 1 is 1.32 bits per heavy atom. The summed E-state index contributed by atoms with van der Waals surface area (Å²) in [6.45, 7) is 2.90. The highest BCUT2D eigenvalue weighted by Gasteiger charge is 2.04. The SMILES string of the molecule is Cc1ccc(CNc2ccc(Cl)c(C[S@@](C)=O)c2)s1. The molecule has 0 aliphatic rings. The summed E-state index contributed by atoms with van der Waals surface area (Å²) in [6, 6.07) is 10.0. The van der Waals surface area contributed by atoms with Crippen LogP contribution in [-0.4, -0.2) is 10.5 Å². The third kappa shape index (κ3) is 4.34. The van der Waals surface area contributed by atoms with Gasteiger partial charge in [0.25, 0.3) is 0 Å². The van der Waals surface area contributed by atoms with Gasteiger partial charge in [0.2, 0.25) is 0 Å². The first-order chi connectivity index (χ1) is 9.04. The van der Waals surface area contributed by atoms with Crippen LogP contribution in [0.1, 0.15) is 15.3 Å². The highest BCUT2D eigenvalue weighted by atomic mass is 35.5. The van der Waals surface area contributed by atoms with E-state index in [0.29, 0.717) is 10.8 Å². The molecule has 0 aliphatic heterocycles. The standard InChI is InChI=1S/C14H16ClNOS2/c1-10-3-5-13(18-10)8-16-12-4-6-14(15)11(7-12)9-19(2)17/h3-7,16H,8-9H2,1-2H3/t19-/m1/s1. The van der Waals surface area contributed by atoms with Crippen molar-refractivity contribution in [3.63, 3.8) is 0 Å². The molecule has 2 nitrogen and oxygen atoms in total. The minimum Gasteiger partial charge on any atom is -0.380 e. The normalized spacial score (nSPS) is 12.4. The maximum absolute atomic E-state index is 11.3. The molecule has 2 aromatic rings. The van der Waals surface area contributed by atoms with Crippen molar-refractivity contribution in [2.45, 2.75) is 19.2 Å². The third-order valence-electron chi connectivity index (χ3n) is 2.67. The fourth-order valence-electron chi connectivity index (χ4n) is 1.78. The Hall–Kier alpha value is -0.840. The first-order valence-electron chi connectivity index (χ1n) is 5.92. The molecule has 0 unspecified atom stereocenters. The van der Waals surface area contributed by atoms with Gasteiger partial charge in [-0.1, -0.05) is 11.6 Å². The van der Waals surface area contributed by atoms with E-state index in [9.17, 15) is 4.21 Å². The molecule has 1 atom stereocenters. The van der Waals surface area contributed by atoms with Crippen LogP contribution in [-0.2, 0) is 23.1 Å². The summed E-state index contributed by atoms with van der Waals surface area (Å²) in [6.07, 6.45) is 1.69. The first-order valence-corrected chi connectivity index (χ1v) is 8.84. The van der Waals surface area contributed by atoms with Crippen LogP contribution in [0.3, 0.4) is 0 Å². The molecule has 0 fully saturated rings. The fourth-order valence-corrected chi connectivity index (χ4v) is 3.55. The smallest absolute Gasteiger partial charge is 0.0498 e. The topological polar surface area (TPSA) is 29.1 Å². The minimum absolute atomic E-state index is 0.493. The lowest BCUT2D eigenvalue weighted by molar-refractivity contribution is 0.686. The van der Waals surface area contributed by atoms with E-state index in [1.54, 1.807) is 17.6 Å². The molecule has 0 radical (unpaired) electrons. The maximum Gasteiger partial charge on any atom is 0.0498 e. The van der Waals surface area contributed by atoms with Gasteiger partial charge >= 0.3 is 0 Å². The molecular weight excluding hydrogens is 298 g/mol. The zero-order valence-electron chi connectivity index (χ0n) is 10.9. The van der Waals surface area contributed by atoms with E-state index in [0.717, 1.165) is 17.8 Å². The molecule has 1 N–H and O–H groups in total. The second-order valence-electron chi connectivity index (χ2n) is 4.39. The predicted octanol–water partition coefficient (Wildman–Crippen LogP) is 4.20. The van der Waals surface area contributed by atoms with Gasteiger partial charge in [-0.3, -0.25) is 4.21 Å². The van der Waals surface area contributed by atoms with Gasteiger partial charge in [0.1, 0.15) is 0 Å². The quantitative estimate of drug-likeness (QED) is 0.896. The highest BCUT2D eigenvalue weighted by molar-refractivity contribution is 7.83. The number of benzene rings is 1. The summed E-state index contributed by atoms with van der Waals surface area (Å²) >= 11 is 7.89. The van der Waals surface area contributed by atoms with Crippen LogP contribution < -0.4 is 5.32 Å². The van der Waals surface area contributed by atoms with E-state index in [-0.39, 0.29) is 0 Å². The molecule has 102 valence electrons. The Bertz CT molecular complexity index is 595.